The van der Waals surface area contributed by atoms with Gasteiger partial charge in [0.15, 0.2) is 0 Å². The third kappa shape index (κ3) is 2.95. The normalized spacial score (nSPS) is 33.5. The molecule has 1 aliphatic carbocycles. The average molecular weight is 262 g/mol. The van der Waals surface area contributed by atoms with Crippen LogP contribution in [0.4, 0.5) is 0 Å². The molecule has 2 rings (SSSR count). The first-order valence-corrected chi connectivity index (χ1v) is 6.48. The number of allylic oxidation sites excluding steroid dienone is 2. The van der Waals surface area contributed by atoms with E-state index in [1.807, 2.05) is 13.0 Å². The molecule has 1 N–H and O–H groups in total. The molecule has 4 heteroatoms. The molecule has 1 fully saturated rings. The maximum Gasteiger partial charge on any atom is 0.334 e. The molecular weight excluding hydrogens is 244 g/mol. The van der Waals surface area contributed by atoms with Crippen molar-refractivity contribution in [3.63, 3.8) is 0 Å². The van der Waals surface area contributed by atoms with Gasteiger partial charge >= 0.3 is 11.9 Å². The minimum Gasteiger partial charge on any atom is -0.478 e. The minimum absolute atomic E-state index is 0.108. The van der Waals surface area contributed by atoms with Crippen molar-refractivity contribution >= 4 is 11.9 Å². The first-order valence-electron chi connectivity index (χ1n) is 6.48. The largest absolute Gasteiger partial charge is 0.478 e. The number of carboxylic acids is 1. The van der Waals surface area contributed by atoms with Crippen LogP contribution in [-0.4, -0.2) is 23.1 Å². The second kappa shape index (κ2) is 5.43. The summed E-state index contributed by atoms with van der Waals surface area (Å²) >= 11 is 0. The van der Waals surface area contributed by atoms with Crippen molar-refractivity contribution in [3.05, 3.63) is 35.5 Å². The number of carbonyl (C=O) groups excluding carboxylic acids is 1. The third-order valence-corrected chi connectivity index (χ3v) is 3.73. The van der Waals surface area contributed by atoms with Crippen LogP contribution in [0.15, 0.2) is 35.5 Å². The number of carboxylic acid groups (broad SMARTS) is 1. The van der Waals surface area contributed by atoms with Crippen LogP contribution >= 0.6 is 0 Å². The molecule has 1 saturated heterocycles. The van der Waals surface area contributed by atoms with Crippen LogP contribution in [0.1, 0.15) is 32.6 Å². The number of esters is 1. The molecule has 19 heavy (non-hydrogen) atoms. The smallest absolute Gasteiger partial charge is 0.334 e. The lowest BCUT2D eigenvalue weighted by Gasteiger charge is -2.17. The Bertz CT molecular complexity index is 484. The van der Waals surface area contributed by atoms with E-state index < -0.39 is 5.97 Å². The van der Waals surface area contributed by atoms with Gasteiger partial charge in [-0.15, -0.1) is 0 Å². The van der Waals surface area contributed by atoms with Crippen LogP contribution in [-0.2, 0) is 14.3 Å². The number of rotatable bonds is 1. The summed E-state index contributed by atoms with van der Waals surface area (Å²) in [6.07, 6.45) is 5.98. The predicted octanol–water partition coefficient (Wildman–Crippen LogP) is 2.62. The van der Waals surface area contributed by atoms with Crippen molar-refractivity contribution in [2.24, 2.45) is 5.92 Å². The number of aliphatic carboxylic acids is 1. The Morgan fingerprint density at radius 3 is 2.89 bits per heavy atom. The SMILES string of the molecule is C=C1C(=O)OC2/C=C(/C)CC/C=C(/C(=O)O)CCC12. The van der Waals surface area contributed by atoms with Gasteiger partial charge < -0.3 is 9.84 Å². The highest BCUT2D eigenvalue weighted by Crippen LogP contribution is 2.34. The van der Waals surface area contributed by atoms with Crippen LogP contribution in [0.25, 0.3) is 0 Å². The zero-order valence-electron chi connectivity index (χ0n) is 11.0. The minimum atomic E-state index is -0.880. The second-order valence-electron chi connectivity index (χ2n) is 5.13. The Labute approximate surface area is 112 Å². The molecule has 0 radical (unpaired) electrons. The topological polar surface area (TPSA) is 63.6 Å². The van der Waals surface area contributed by atoms with Crippen molar-refractivity contribution in [2.75, 3.05) is 0 Å². The lowest BCUT2D eigenvalue weighted by Crippen LogP contribution is -2.16. The van der Waals surface area contributed by atoms with Gasteiger partial charge in [-0.05, 0) is 38.7 Å². The number of hydrogen-bond donors (Lipinski definition) is 1. The van der Waals surface area contributed by atoms with Crippen LogP contribution in [0.3, 0.4) is 0 Å². The Morgan fingerprint density at radius 1 is 1.47 bits per heavy atom. The summed E-state index contributed by atoms with van der Waals surface area (Å²) in [5.41, 5.74) is 1.99. The molecule has 0 saturated carbocycles. The van der Waals surface area contributed by atoms with E-state index in [0.29, 0.717) is 30.4 Å². The highest BCUT2D eigenvalue weighted by molar-refractivity contribution is 5.91. The highest BCUT2D eigenvalue weighted by Gasteiger charge is 2.37. The first-order chi connectivity index (χ1) is 8.99. The third-order valence-electron chi connectivity index (χ3n) is 3.73. The van der Waals surface area contributed by atoms with Gasteiger partial charge in [0.1, 0.15) is 6.10 Å². The zero-order chi connectivity index (χ0) is 14.0. The van der Waals surface area contributed by atoms with E-state index in [1.165, 1.54) is 0 Å². The molecule has 2 atom stereocenters. The van der Waals surface area contributed by atoms with Crippen molar-refractivity contribution in [2.45, 2.75) is 38.7 Å². The predicted molar refractivity (Wildman–Crippen MR) is 70.5 cm³/mol. The second-order valence-corrected chi connectivity index (χ2v) is 5.13. The van der Waals surface area contributed by atoms with Crippen molar-refractivity contribution < 1.29 is 19.4 Å². The summed E-state index contributed by atoms with van der Waals surface area (Å²) < 4.78 is 5.29. The lowest BCUT2D eigenvalue weighted by atomic mass is 9.88. The molecule has 0 aromatic heterocycles. The summed E-state index contributed by atoms with van der Waals surface area (Å²) in [6, 6.07) is 0. The molecule has 4 nitrogen and oxygen atoms in total. The first kappa shape index (κ1) is 13.6. The zero-order valence-corrected chi connectivity index (χ0v) is 11.0. The fraction of sp³-hybridized carbons (Fsp3) is 0.467. The summed E-state index contributed by atoms with van der Waals surface area (Å²) in [5.74, 6) is -1.35. The van der Waals surface area contributed by atoms with Crippen molar-refractivity contribution in [3.8, 4) is 0 Å². The standard InChI is InChI=1S/C15H18O4/c1-9-4-3-5-11(14(16)17)6-7-12-10(2)15(18)19-13(12)8-9/h5,8,12-13H,2-4,6-7H2,1H3,(H,16,17)/b9-8-,11-5+. The fourth-order valence-corrected chi connectivity index (χ4v) is 2.56. The van der Waals surface area contributed by atoms with Crippen LogP contribution in [0.5, 0.6) is 0 Å². The van der Waals surface area contributed by atoms with E-state index in [2.05, 4.69) is 6.58 Å². The fourth-order valence-electron chi connectivity index (χ4n) is 2.56. The number of ether oxygens (including phenoxy) is 1. The number of fused-ring (bicyclic) bond motifs is 1. The molecule has 1 heterocycles. The quantitative estimate of drug-likeness (QED) is 0.448. The summed E-state index contributed by atoms with van der Waals surface area (Å²) in [6.45, 7) is 5.74. The van der Waals surface area contributed by atoms with E-state index in [4.69, 9.17) is 9.84 Å². The van der Waals surface area contributed by atoms with Crippen LogP contribution < -0.4 is 0 Å². The van der Waals surface area contributed by atoms with Gasteiger partial charge in [-0.1, -0.05) is 18.2 Å². The van der Waals surface area contributed by atoms with Crippen molar-refractivity contribution in [1.29, 1.82) is 0 Å². The Hall–Kier alpha value is -1.84. The van der Waals surface area contributed by atoms with Gasteiger partial charge in [-0.2, -0.15) is 0 Å². The van der Waals surface area contributed by atoms with Gasteiger partial charge in [0, 0.05) is 17.1 Å². The molecular formula is C15H18O4. The Balaban J connectivity index is 2.26. The van der Waals surface area contributed by atoms with Gasteiger partial charge in [0.05, 0.1) is 0 Å². The number of hydrogen-bond acceptors (Lipinski definition) is 3. The molecule has 0 aromatic rings. The lowest BCUT2D eigenvalue weighted by molar-refractivity contribution is -0.137. The Kier molecular flexibility index (Phi) is 3.88. The molecule has 1 aliphatic heterocycles. The molecule has 0 amide bonds. The Morgan fingerprint density at radius 2 is 2.21 bits per heavy atom. The molecule has 0 aromatic carbocycles. The van der Waals surface area contributed by atoms with Crippen LogP contribution in [0, 0.1) is 5.92 Å². The van der Waals surface area contributed by atoms with Gasteiger partial charge in [0.25, 0.3) is 0 Å². The summed E-state index contributed by atoms with van der Waals surface area (Å²) in [4.78, 5) is 22.7. The average Bonchev–Trinajstić information content (AvgIpc) is 2.60. The van der Waals surface area contributed by atoms with E-state index in [0.717, 1.165) is 12.0 Å². The van der Waals surface area contributed by atoms with Gasteiger partial charge in [0.2, 0.25) is 0 Å². The molecule has 2 aliphatic rings. The van der Waals surface area contributed by atoms with E-state index in [9.17, 15) is 9.59 Å². The molecule has 2 unspecified atom stereocenters. The molecule has 0 bridgehead atoms. The highest BCUT2D eigenvalue weighted by atomic mass is 16.5. The van der Waals surface area contributed by atoms with E-state index in [1.54, 1.807) is 6.08 Å². The maximum atomic E-state index is 11.6. The van der Waals surface area contributed by atoms with Gasteiger partial charge in [-0.25, -0.2) is 9.59 Å². The summed E-state index contributed by atoms with van der Waals surface area (Å²) in [7, 11) is 0. The molecule has 102 valence electrons. The monoisotopic (exact) mass is 262 g/mol. The summed E-state index contributed by atoms with van der Waals surface area (Å²) in [5, 5.41) is 9.14. The van der Waals surface area contributed by atoms with Crippen LogP contribution in [0.2, 0.25) is 0 Å². The van der Waals surface area contributed by atoms with E-state index in [-0.39, 0.29) is 18.0 Å². The van der Waals surface area contributed by atoms with Crippen molar-refractivity contribution in [1.82, 2.24) is 0 Å². The molecule has 0 spiro atoms. The van der Waals surface area contributed by atoms with Gasteiger partial charge in [-0.3, -0.25) is 0 Å². The van der Waals surface area contributed by atoms with E-state index >= 15 is 0 Å². The maximum absolute atomic E-state index is 11.6. The number of carbonyl (C=O) groups is 2.